The summed E-state index contributed by atoms with van der Waals surface area (Å²) in [6.45, 7) is 3.98. The summed E-state index contributed by atoms with van der Waals surface area (Å²) in [6, 6.07) is 19.8. The third-order valence-corrected chi connectivity index (χ3v) is 3.09. The molecule has 0 aliphatic heterocycles. The first-order chi connectivity index (χ1) is 10.2. The molecule has 21 heavy (non-hydrogen) atoms. The molecular formula is C17H20N4. The average Bonchev–Trinajstić information content (AvgIpc) is 2.55. The van der Waals surface area contributed by atoms with Crippen molar-refractivity contribution in [3.05, 3.63) is 60.7 Å². The monoisotopic (exact) mass is 280 g/mol. The second-order valence-electron chi connectivity index (χ2n) is 4.65. The van der Waals surface area contributed by atoms with Gasteiger partial charge < -0.3 is 5.73 Å². The van der Waals surface area contributed by atoms with Gasteiger partial charge in [0.2, 0.25) is 5.96 Å². The summed E-state index contributed by atoms with van der Waals surface area (Å²) in [7, 11) is 0. The number of benzene rings is 2. The standard InChI is InChI=1S/C17H20N4/c1-3-14(2)19-20-17(18)21(15-10-6-4-7-11-15)16-12-8-5-9-13-16/h4-13H,3H2,1-2H3,(H2,18,20). The zero-order chi connectivity index (χ0) is 15.1. The maximum absolute atomic E-state index is 6.15. The van der Waals surface area contributed by atoms with Gasteiger partial charge in [0.1, 0.15) is 0 Å². The van der Waals surface area contributed by atoms with Crippen molar-refractivity contribution in [2.24, 2.45) is 15.9 Å². The van der Waals surface area contributed by atoms with Crippen LogP contribution in [0.2, 0.25) is 0 Å². The van der Waals surface area contributed by atoms with Gasteiger partial charge in [-0.15, -0.1) is 5.10 Å². The molecule has 0 unspecified atom stereocenters. The van der Waals surface area contributed by atoms with Crippen LogP contribution >= 0.6 is 0 Å². The molecule has 0 atom stereocenters. The molecule has 2 aromatic carbocycles. The van der Waals surface area contributed by atoms with Crippen molar-refractivity contribution in [1.82, 2.24) is 0 Å². The number of nitrogens with two attached hydrogens (primary N) is 1. The third kappa shape index (κ3) is 3.92. The molecule has 108 valence electrons. The number of rotatable bonds is 4. The van der Waals surface area contributed by atoms with Crippen molar-refractivity contribution in [3.8, 4) is 0 Å². The third-order valence-electron chi connectivity index (χ3n) is 3.09. The van der Waals surface area contributed by atoms with Gasteiger partial charge in [-0.05, 0) is 37.6 Å². The Morgan fingerprint density at radius 1 is 0.905 bits per heavy atom. The lowest BCUT2D eigenvalue weighted by molar-refractivity contribution is 1.13. The van der Waals surface area contributed by atoms with Gasteiger partial charge >= 0.3 is 0 Å². The smallest absolute Gasteiger partial charge is 0.225 e. The molecule has 4 heteroatoms. The van der Waals surface area contributed by atoms with Crippen LogP contribution in [-0.4, -0.2) is 11.7 Å². The van der Waals surface area contributed by atoms with Crippen LogP contribution in [0.25, 0.3) is 0 Å². The van der Waals surface area contributed by atoms with E-state index in [0.29, 0.717) is 5.96 Å². The largest absolute Gasteiger partial charge is 0.368 e. The highest BCUT2D eigenvalue weighted by atomic mass is 15.4. The van der Waals surface area contributed by atoms with Crippen molar-refractivity contribution in [3.63, 3.8) is 0 Å². The number of guanidine groups is 1. The Morgan fingerprint density at radius 2 is 1.38 bits per heavy atom. The molecule has 0 aliphatic carbocycles. The Labute approximate surface area is 125 Å². The minimum Gasteiger partial charge on any atom is -0.368 e. The first-order valence-corrected chi connectivity index (χ1v) is 6.99. The zero-order valence-electron chi connectivity index (χ0n) is 12.4. The van der Waals surface area contributed by atoms with Crippen LogP contribution in [0.5, 0.6) is 0 Å². The summed E-state index contributed by atoms with van der Waals surface area (Å²) < 4.78 is 0. The first-order valence-electron chi connectivity index (χ1n) is 6.99. The second-order valence-corrected chi connectivity index (χ2v) is 4.65. The Hall–Kier alpha value is -2.62. The Bertz CT molecular complexity index is 578. The van der Waals surface area contributed by atoms with Gasteiger partial charge in [-0.3, -0.25) is 4.90 Å². The highest BCUT2D eigenvalue weighted by Gasteiger charge is 2.12. The number of hydrogen-bond donors (Lipinski definition) is 1. The van der Waals surface area contributed by atoms with Crippen LogP contribution in [0.3, 0.4) is 0 Å². The van der Waals surface area contributed by atoms with Crippen molar-refractivity contribution in [1.29, 1.82) is 0 Å². The lowest BCUT2D eigenvalue weighted by Gasteiger charge is -2.23. The average molecular weight is 280 g/mol. The van der Waals surface area contributed by atoms with Gasteiger partial charge in [0.15, 0.2) is 0 Å². The SMILES string of the molecule is CCC(C)=NN=C(N)N(c1ccccc1)c1ccccc1. The van der Waals surface area contributed by atoms with E-state index in [-0.39, 0.29) is 0 Å². The number of para-hydroxylation sites is 2. The van der Waals surface area contributed by atoms with Crippen LogP contribution < -0.4 is 10.6 Å². The van der Waals surface area contributed by atoms with Crippen LogP contribution in [-0.2, 0) is 0 Å². The van der Waals surface area contributed by atoms with Crippen LogP contribution in [0.1, 0.15) is 20.3 Å². The molecule has 0 heterocycles. The summed E-state index contributed by atoms with van der Waals surface area (Å²) in [5, 5.41) is 8.31. The lowest BCUT2D eigenvalue weighted by Crippen LogP contribution is -2.33. The Balaban J connectivity index is 2.42. The fourth-order valence-electron chi connectivity index (χ4n) is 1.82. The van der Waals surface area contributed by atoms with Gasteiger partial charge in [0.05, 0.1) is 0 Å². The van der Waals surface area contributed by atoms with Gasteiger partial charge in [-0.2, -0.15) is 5.10 Å². The minimum atomic E-state index is 0.347. The topological polar surface area (TPSA) is 54.0 Å². The molecule has 2 rings (SSSR count). The number of anilines is 2. The molecule has 0 bridgehead atoms. The van der Waals surface area contributed by atoms with E-state index in [1.54, 1.807) is 0 Å². The maximum Gasteiger partial charge on any atom is 0.225 e. The van der Waals surface area contributed by atoms with E-state index in [2.05, 4.69) is 10.2 Å². The van der Waals surface area contributed by atoms with Crippen molar-refractivity contribution in [2.45, 2.75) is 20.3 Å². The van der Waals surface area contributed by atoms with E-state index in [9.17, 15) is 0 Å². The molecule has 2 aromatic rings. The molecule has 0 aromatic heterocycles. The summed E-state index contributed by atoms with van der Waals surface area (Å²) in [5.74, 6) is 0.347. The molecule has 0 aliphatic rings. The van der Waals surface area contributed by atoms with Crippen molar-refractivity contribution < 1.29 is 0 Å². The highest BCUT2D eigenvalue weighted by molar-refractivity contribution is 6.01. The van der Waals surface area contributed by atoms with Gasteiger partial charge in [0.25, 0.3) is 0 Å². The molecule has 0 saturated heterocycles. The van der Waals surface area contributed by atoms with E-state index < -0.39 is 0 Å². The number of hydrogen-bond acceptors (Lipinski definition) is 2. The second kappa shape index (κ2) is 7.24. The molecule has 4 nitrogen and oxygen atoms in total. The number of nitrogens with zero attached hydrogens (tertiary/aromatic N) is 3. The molecule has 0 radical (unpaired) electrons. The van der Waals surface area contributed by atoms with E-state index >= 15 is 0 Å². The summed E-state index contributed by atoms with van der Waals surface area (Å²) in [5.41, 5.74) is 9.00. The van der Waals surface area contributed by atoms with Crippen LogP contribution in [0.4, 0.5) is 11.4 Å². The summed E-state index contributed by atoms with van der Waals surface area (Å²) in [6.07, 6.45) is 0.855. The van der Waals surface area contributed by atoms with E-state index in [0.717, 1.165) is 23.5 Å². The van der Waals surface area contributed by atoms with Crippen molar-refractivity contribution in [2.75, 3.05) is 4.90 Å². The van der Waals surface area contributed by atoms with Gasteiger partial charge in [0, 0.05) is 17.1 Å². The Morgan fingerprint density at radius 3 is 1.81 bits per heavy atom. The molecular weight excluding hydrogens is 260 g/mol. The maximum atomic E-state index is 6.15. The normalized spacial score (nSPS) is 12.3. The van der Waals surface area contributed by atoms with E-state index in [1.165, 1.54) is 0 Å². The Kier molecular flexibility index (Phi) is 5.10. The fraction of sp³-hybridized carbons (Fsp3) is 0.176. The molecule has 0 spiro atoms. The predicted octanol–water partition coefficient (Wildman–Crippen LogP) is 3.93. The zero-order valence-corrected chi connectivity index (χ0v) is 12.4. The van der Waals surface area contributed by atoms with Crippen LogP contribution in [0.15, 0.2) is 70.9 Å². The first kappa shape index (κ1) is 14.8. The highest BCUT2D eigenvalue weighted by Crippen LogP contribution is 2.24. The summed E-state index contributed by atoms with van der Waals surface area (Å²) in [4.78, 5) is 1.88. The molecule has 0 saturated carbocycles. The quantitative estimate of drug-likeness (QED) is 0.524. The molecule has 2 N–H and O–H groups in total. The summed E-state index contributed by atoms with van der Waals surface area (Å²) >= 11 is 0. The van der Waals surface area contributed by atoms with E-state index in [4.69, 9.17) is 5.73 Å². The van der Waals surface area contributed by atoms with Gasteiger partial charge in [-0.1, -0.05) is 43.3 Å². The lowest BCUT2D eigenvalue weighted by atomic mass is 10.2. The van der Waals surface area contributed by atoms with Gasteiger partial charge in [-0.25, -0.2) is 0 Å². The molecule has 0 amide bonds. The van der Waals surface area contributed by atoms with Crippen molar-refractivity contribution >= 4 is 23.0 Å². The predicted molar refractivity (Wildman–Crippen MR) is 90.0 cm³/mol. The molecule has 0 fully saturated rings. The van der Waals surface area contributed by atoms with Crippen LogP contribution in [0, 0.1) is 0 Å². The minimum absolute atomic E-state index is 0.347. The fourth-order valence-corrected chi connectivity index (χ4v) is 1.82. The van der Waals surface area contributed by atoms with E-state index in [1.807, 2.05) is 79.4 Å².